The van der Waals surface area contributed by atoms with Crippen molar-refractivity contribution in [3.63, 3.8) is 0 Å². The molecule has 0 radical (unpaired) electrons. The first-order chi connectivity index (χ1) is 8.47. The minimum atomic E-state index is 0.00864. The number of carbonyl (C=O) groups excluding carboxylic acids is 1. The standard InChI is InChI=1S/C12H21N5O/c1-8(2)10-11(13-3)15-7-16-12(10)14-6-9(18)17(4)5/h7-8H,6H2,1-5H3,(H2,13,14,15,16). The highest BCUT2D eigenvalue weighted by molar-refractivity contribution is 5.80. The number of hydrogen-bond donors (Lipinski definition) is 2. The molecule has 0 saturated heterocycles. The summed E-state index contributed by atoms with van der Waals surface area (Å²) in [5.41, 5.74) is 0.992. The lowest BCUT2D eigenvalue weighted by atomic mass is 10.0. The van der Waals surface area contributed by atoms with E-state index in [0.717, 1.165) is 11.4 Å². The Morgan fingerprint density at radius 2 is 1.94 bits per heavy atom. The Balaban J connectivity index is 2.91. The van der Waals surface area contributed by atoms with Crippen LogP contribution in [0.3, 0.4) is 0 Å². The number of nitrogens with one attached hydrogen (secondary N) is 2. The molecule has 0 unspecified atom stereocenters. The average Bonchev–Trinajstić information content (AvgIpc) is 2.34. The first kappa shape index (κ1) is 14.2. The topological polar surface area (TPSA) is 70.1 Å². The van der Waals surface area contributed by atoms with Gasteiger partial charge < -0.3 is 15.5 Å². The van der Waals surface area contributed by atoms with Crippen molar-refractivity contribution in [3.8, 4) is 0 Å². The summed E-state index contributed by atoms with van der Waals surface area (Å²) in [6, 6.07) is 0. The third-order valence-electron chi connectivity index (χ3n) is 2.60. The fraction of sp³-hybridized carbons (Fsp3) is 0.583. The summed E-state index contributed by atoms with van der Waals surface area (Å²) < 4.78 is 0. The van der Waals surface area contributed by atoms with E-state index >= 15 is 0 Å². The zero-order chi connectivity index (χ0) is 13.7. The third kappa shape index (κ3) is 3.32. The molecule has 6 nitrogen and oxygen atoms in total. The monoisotopic (exact) mass is 251 g/mol. The lowest BCUT2D eigenvalue weighted by Crippen LogP contribution is -2.29. The molecule has 0 aliphatic rings. The summed E-state index contributed by atoms with van der Waals surface area (Å²) in [5, 5.41) is 6.11. The van der Waals surface area contributed by atoms with Crippen molar-refractivity contribution in [1.29, 1.82) is 0 Å². The predicted octanol–water partition coefficient (Wildman–Crippen LogP) is 1.14. The Labute approximate surface area is 108 Å². The summed E-state index contributed by atoms with van der Waals surface area (Å²) in [6.45, 7) is 4.36. The van der Waals surface area contributed by atoms with Crippen molar-refractivity contribution in [2.45, 2.75) is 19.8 Å². The van der Waals surface area contributed by atoms with E-state index in [9.17, 15) is 4.79 Å². The number of hydrogen-bond acceptors (Lipinski definition) is 5. The number of rotatable bonds is 5. The number of anilines is 2. The van der Waals surface area contributed by atoms with Gasteiger partial charge in [0.05, 0.1) is 6.54 Å². The average molecular weight is 251 g/mol. The molecule has 0 fully saturated rings. The van der Waals surface area contributed by atoms with E-state index in [1.807, 2.05) is 7.05 Å². The number of nitrogens with zero attached hydrogens (tertiary/aromatic N) is 3. The number of amides is 1. The molecule has 1 rings (SSSR count). The van der Waals surface area contributed by atoms with Crippen LogP contribution in [-0.4, -0.2) is 48.5 Å². The number of aromatic nitrogens is 2. The molecule has 0 saturated carbocycles. The maximum absolute atomic E-state index is 11.6. The van der Waals surface area contributed by atoms with Gasteiger partial charge >= 0.3 is 0 Å². The van der Waals surface area contributed by atoms with E-state index in [4.69, 9.17) is 0 Å². The van der Waals surface area contributed by atoms with Crippen LogP contribution in [0.5, 0.6) is 0 Å². The van der Waals surface area contributed by atoms with Crippen LogP contribution in [-0.2, 0) is 4.79 Å². The van der Waals surface area contributed by atoms with Gasteiger partial charge in [-0.05, 0) is 5.92 Å². The number of carbonyl (C=O) groups is 1. The van der Waals surface area contributed by atoms with Crippen molar-refractivity contribution >= 4 is 17.5 Å². The molecular weight excluding hydrogens is 230 g/mol. The SMILES string of the molecule is CNc1ncnc(NCC(=O)N(C)C)c1C(C)C. The summed E-state index contributed by atoms with van der Waals surface area (Å²) in [5.74, 6) is 1.78. The van der Waals surface area contributed by atoms with Gasteiger partial charge in [-0.1, -0.05) is 13.8 Å². The molecule has 18 heavy (non-hydrogen) atoms. The highest BCUT2D eigenvalue weighted by Crippen LogP contribution is 2.27. The maximum Gasteiger partial charge on any atom is 0.241 e. The summed E-state index contributed by atoms with van der Waals surface area (Å²) in [6.07, 6.45) is 1.49. The van der Waals surface area contributed by atoms with Crippen LogP contribution in [0.25, 0.3) is 0 Å². The molecule has 2 N–H and O–H groups in total. The molecule has 0 bridgehead atoms. The number of likely N-dealkylation sites (N-methyl/N-ethyl adjacent to an activating group) is 1. The van der Waals surface area contributed by atoms with Crippen molar-refractivity contribution in [2.24, 2.45) is 0 Å². The van der Waals surface area contributed by atoms with Gasteiger partial charge in [-0.2, -0.15) is 0 Å². The molecule has 0 aliphatic carbocycles. The van der Waals surface area contributed by atoms with Crippen molar-refractivity contribution in [2.75, 3.05) is 38.3 Å². The van der Waals surface area contributed by atoms with Crippen LogP contribution >= 0.6 is 0 Å². The fourth-order valence-electron chi connectivity index (χ4n) is 1.60. The molecule has 0 atom stereocenters. The van der Waals surface area contributed by atoms with Crippen LogP contribution in [0.4, 0.5) is 11.6 Å². The molecule has 1 aromatic heterocycles. The Morgan fingerprint density at radius 1 is 1.33 bits per heavy atom. The first-order valence-corrected chi connectivity index (χ1v) is 5.94. The van der Waals surface area contributed by atoms with Crippen LogP contribution in [0.15, 0.2) is 6.33 Å². The second-order valence-electron chi connectivity index (χ2n) is 4.53. The van der Waals surface area contributed by atoms with E-state index in [-0.39, 0.29) is 18.4 Å². The van der Waals surface area contributed by atoms with Crippen LogP contribution < -0.4 is 10.6 Å². The Bertz CT molecular complexity index is 417. The van der Waals surface area contributed by atoms with E-state index in [1.54, 1.807) is 19.0 Å². The second kappa shape index (κ2) is 6.18. The lowest BCUT2D eigenvalue weighted by Gasteiger charge is -2.17. The second-order valence-corrected chi connectivity index (χ2v) is 4.53. The van der Waals surface area contributed by atoms with E-state index in [2.05, 4.69) is 34.4 Å². The molecule has 1 amide bonds. The predicted molar refractivity (Wildman–Crippen MR) is 72.9 cm³/mol. The molecule has 100 valence electrons. The van der Waals surface area contributed by atoms with Crippen LogP contribution in [0, 0.1) is 0 Å². The first-order valence-electron chi connectivity index (χ1n) is 5.94. The molecule has 0 spiro atoms. The van der Waals surface area contributed by atoms with Gasteiger partial charge in [-0.15, -0.1) is 0 Å². The van der Waals surface area contributed by atoms with Crippen molar-refractivity contribution in [3.05, 3.63) is 11.9 Å². The van der Waals surface area contributed by atoms with E-state index < -0.39 is 0 Å². The minimum Gasteiger partial charge on any atom is -0.373 e. The summed E-state index contributed by atoms with van der Waals surface area (Å²) in [4.78, 5) is 21.5. The van der Waals surface area contributed by atoms with Crippen molar-refractivity contribution in [1.82, 2.24) is 14.9 Å². The van der Waals surface area contributed by atoms with Crippen LogP contribution in [0.2, 0.25) is 0 Å². The largest absolute Gasteiger partial charge is 0.373 e. The smallest absolute Gasteiger partial charge is 0.241 e. The van der Waals surface area contributed by atoms with Gasteiger partial charge in [0.15, 0.2) is 0 Å². The fourth-order valence-corrected chi connectivity index (χ4v) is 1.60. The lowest BCUT2D eigenvalue weighted by molar-refractivity contribution is -0.126. The van der Waals surface area contributed by atoms with E-state index in [0.29, 0.717) is 5.82 Å². The third-order valence-corrected chi connectivity index (χ3v) is 2.60. The van der Waals surface area contributed by atoms with Gasteiger partial charge in [0.2, 0.25) is 5.91 Å². The summed E-state index contributed by atoms with van der Waals surface area (Å²) >= 11 is 0. The highest BCUT2D eigenvalue weighted by Gasteiger charge is 2.15. The molecular formula is C12H21N5O. The zero-order valence-corrected chi connectivity index (χ0v) is 11.6. The highest BCUT2D eigenvalue weighted by atomic mass is 16.2. The molecule has 6 heteroatoms. The van der Waals surface area contributed by atoms with Crippen LogP contribution in [0.1, 0.15) is 25.3 Å². The van der Waals surface area contributed by atoms with Crippen molar-refractivity contribution < 1.29 is 4.79 Å². The Kier molecular flexibility index (Phi) is 4.88. The minimum absolute atomic E-state index is 0.00864. The normalized spacial score (nSPS) is 10.3. The molecule has 1 aromatic rings. The Hall–Kier alpha value is -1.85. The van der Waals surface area contributed by atoms with Gasteiger partial charge in [-0.3, -0.25) is 4.79 Å². The van der Waals surface area contributed by atoms with E-state index in [1.165, 1.54) is 6.33 Å². The quantitative estimate of drug-likeness (QED) is 0.821. The maximum atomic E-state index is 11.6. The van der Waals surface area contributed by atoms with Gasteiger partial charge in [-0.25, -0.2) is 9.97 Å². The zero-order valence-electron chi connectivity index (χ0n) is 11.6. The molecule has 1 heterocycles. The molecule has 0 aliphatic heterocycles. The Morgan fingerprint density at radius 3 is 2.44 bits per heavy atom. The van der Waals surface area contributed by atoms with Gasteiger partial charge in [0.1, 0.15) is 18.0 Å². The van der Waals surface area contributed by atoms with Gasteiger partial charge in [0.25, 0.3) is 0 Å². The van der Waals surface area contributed by atoms with Gasteiger partial charge in [0, 0.05) is 26.7 Å². The molecule has 0 aromatic carbocycles. The summed E-state index contributed by atoms with van der Waals surface area (Å²) in [7, 11) is 5.28.